The number of nitrogens with zero attached hydrogens (tertiary/aromatic N) is 1. The molecule has 0 saturated carbocycles. The van der Waals surface area contributed by atoms with Crippen LogP contribution in [0.3, 0.4) is 0 Å². The summed E-state index contributed by atoms with van der Waals surface area (Å²) in [5, 5.41) is 0. The monoisotopic (exact) mass is 335 g/mol. The van der Waals surface area contributed by atoms with Crippen molar-refractivity contribution in [1.29, 1.82) is 0 Å². The molecule has 1 heterocycles. The van der Waals surface area contributed by atoms with Crippen LogP contribution >= 0.6 is 0 Å². The van der Waals surface area contributed by atoms with Crippen molar-refractivity contribution < 1.29 is 0 Å². The average Bonchev–Trinajstić information content (AvgIpc) is 2.58. The molecular weight excluding hydrogens is 302 g/mol. The van der Waals surface area contributed by atoms with Gasteiger partial charge in [-0.3, -0.25) is 4.90 Å². The maximum atomic E-state index is 2.63. The van der Waals surface area contributed by atoms with E-state index >= 15 is 0 Å². The van der Waals surface area contributed by atoms with E-state index in [0.717, 1.165) is 6.54 Å². The number of fused-ring (bicyclic) bond motifs is 1. The molecule has 0 radical (unpaired) electrons. The molecule has 25 heavy (non-hydrogen) atoms. The predicted octanol–water partition coefficient (Wildman–Crippen LogP) is 5.67. The normalized spacial score (nSPS) is 15.2. The second kappa shape index (κ2) is 7.74. The Morgan fingerprint density at radius 1 is 0.920 bits per heavy atom. The van der Waals surface area contributed by atoms with Gasteiger partial charge in [0.15, 0.2) is 0 Å². The minimum Gasteiger partial charge on any atom is -0.299 e. The largest absolute Gasteiger partial charge is 0.299 e. The number of hydrogen-bond acceptors (Lipinski definition) is 1. The summed E-state index contributed by atoms with van der Waals surface area (Å²) in [7, 11) is 0. The summed E-state index contributed by atoms with van der Waals surface area (Å²) < 4.78 is 0. The lowest BCUT2D eigenvalue weighted by Crippen LogP contribution is -2.31. The first-order valence-electron chi connectivity index (χ1n) is 9.82. The summed E-state index contributed by atoms with van der Waals surface area (Å²) in [6, 6.07) is 16.2. The SMILES string of the molecule is Cc1ccc2c(c1)CCN(CCCCc1ccc(C(C)(C)C)cc1)C2. The quantitative estimate of drug-likeness (QED) is 0.636. The van der Waals surface area contributed by atoms with E-state index in [1.54, 1.807) is 5.56 Å². The first-order valence-corrected chi connectivity index (χ1v) is 9.82. The van der Waals surface area contributed by atoms with E-state index in [1.807, 2.05) is 0 Å². The molecule has 0 spiro atoms. The number of aryl methyl sites for hydroxylation is 2. The molecule has 0 bridgehead atoms. The minimum atomic E-state index is 0.252. The summed E-state index contributed by atoms with van der Waals surface area (Å²) in [6.07, 6.45) is 4.99. The third-order valence-corrected chi connectivity index (χ3v) is 5.46. The van der Waals surface area contributed by atoms with Crippen molar-refractivity contribution in [1.82, 2.24) is 4.90 Å². The van der Waals surface area contributed by atoms with Crippen LogP contribution in [0.4, 0.5) is 0 Å². The summed E-state index contributed by atoms with van der Waals surface area (Å²) in [5.74, 6) is 0. The van der Waals surface area contributed by atoms with Crippen molar-refractivity contribution in [3.63, 3.8) is 0 Å². The zero-order chi connectivity index (χ0) is 17.9. The molecule has 0 aliphatic carbocycles. The fraction of sp³-hybridized carbons (Fsp3) is 0.500. The molecule has 0 atom stereocenters. The molecule has 0 aromatic heterocycles. The number of rotatable bonds is 5. The van der Waals surface area contributed by atoms with E-state index in [-0.39, 0.29) is 5.41 Å². The number of hydrogen-bond donors (Lipinski definition) is 0. The van der Waals surface area contributed by atoms with Crippen LogP contribution in [0.2, 0.25) is 0 Å². The van der Waals surface area contributed by atoms with Crippen LogP contribution in [0.25, 0.3) is 0 Å². The molecule has 2 aromatic carbocycles. The van der Waals surface area contributed by atoms with Crippen LogP contribution < -0.4 is 0 Å². The van der Waals surface area contributed by atoms with Crippen LogP contribution in [0.1, 0.15) is 61.4 Å². The third kappa shape index (κ3) is 4.95. The van der Waals surface area contributed by atoms with Crippen LogP contribution in [-0.2, 0) is 24.8 Å². The van der Waals surface area contributed by atoms with Gasteiger partial charge >= 0.3 is 0 Å². The van der Waals surface area contributed by atoms with E-state index in [1.165, 1.54) is 61.0 Å². The molecule has 0 fully saturated rings. The second-order valence-corrected chi connectivity index (χ2v) is 8.70. The van der Waals surface area contributed by atoms with Gasteiger partial charge in [-0.2, -0.15) is 0 Å². The lowest BCUT2D eigenvalue weighted by molar-refractivity contribution is 0.249. The van der Waals surface area contributed by atoms with Crippen molar-refractivity contribution in [2.75, 3.05) is 13.1 Å². The Balaban J connectivity index is 1.42. The fourth-order valence-corrected chi connectivity index (χ4v) is 3.77. The molecule has 0 N–H and O–H groups in total. The first kappa shape index (κ1) is 18.2. The van der Waals surface area contributed by atoms with Gasteiger partial charge in [0.2, 0.25) is 0 Å². The van der Waals surface area contributed by atoms with E-state index < -0.39 is 0 Å². The van der Waals surface area contributed by atoms with E-state index in [2.05, 4.69) is 75.1 Å². The maximum absolute atomic E-state index is 2.63. The van der Waals surface area contributed by atoms with Gasteiger partial charge in [-0.05, 0) is 66.8 Å². The predicted molar refractivity (Wildman–Crippen MR) is 108 cm³/mol. The Labute approximate surface area is 154 Å². The molecular formula is C24H33N. The lowest BCUT2D eigenvalue weighted by atomic mass is 9.86. The summed E-state index contributed by atoms with van der Waals surface area (Å²) in [6.45, 7) is 12.6. The molecule has 2 aromatic rings. The van der Waals surface area contributed by atoms with Crippen molar-refractivity contribution in [3.05, 3.63) is 70.3 Å². The van der Waals surface area contributed by atoms with E-state index in [4.69, 9.17) is 0 Å². The molecule has 0 amide bonds. The van der Waals surface area contributed by atoms with Gasteiger partial charge in [0.05, 0.1) is 0 Å². The fourth-order valence-electron chi connectivity index (χ4n) is 3.77. The standard InChI is InChI=1S/C24H33N/c1-19-8-11-22-18-25(16-14-21(22)17-19)15-6-5-7-20-9-12-23(13-10-20)24(2,3)4/h8-13,17H,5-7,14-16,18H2,1-4H3. The van der Waals surface area contributed by atoms with Crippen LogP contribution in [0.5, 0.6) is 0 Å². The Morgan fingerprint density at radius 3 is 2.40 bits per heavy atom. The Bertz CT molecular complexity index is 691. The van der Waals surface area contributed by atoms with Gasteiger partial charge in [0, 0.05) is 13.1 Å². The van der Waals surface area contributed by atoms with Gasteiger partial charge < -0.3 is 0 Å². The van der Waals surface area contributed by atoms with Gasteiger partial charge in [-0.25, -0.2) is 0 Å². The maximum Gasteiger partial charge on any atom is 0.0236 e. The molecule has 1 aliphatic rings. The Morgan fingerprint density at radius 2 is 1.68 bits per heavy atom. The molecule has 1 heteroatoms. The highest BCUT2D eigenvalue weighted by Crippen LogP contribution is 2.23. The molecule has 134 valence electrons. The van der Waals surface area contributed by atoms with Crippen molar-refractivity contribution in [2.24, 2.45) is 0 Å². The highest BCUT2D eigenvalue weighted by Gasteiger charge is 2.16. The minimum absolute atomic E-state index is 0.252. The smallest absolute Gasteiger partial charge is 0.0236 e. The van der Waals surface area contributed by atoms with E-state index in [9.17, 15) is 0 Å². The Hall–Kier alpha value is -1.60. The van der Waals surface area contributed by atoms with Crippen molar-refractivity contribution >= 4 is 0 Å². The van der Waals surface area contributed by atoms with Gasteiger partial charge in [0.1, 0.15) is 0 Å². The topological polar surface area (TPSA) is 3.24 Å². The molecule has 3 rings (SSSR count). The van der Waals surface area contributed by atoms with Crippen LogP contribution in [-0.4, -0.2) is 18.0 Å². The molecule has 0 saturated heterocycles. The first-order chi connectivity index (χ1) is 11.9. The van der Waals surface area contributed by atoms with Crippen molar-refractivity contribution in [3.8, 4) is 0 Å². The second-order valence-electron chi connectivity index (χ2n) is 8.70. The third-order valence-electron chi connectivity index (χ3n) is 5.46. The summed E-state index contributed by atoms with van der Waals surface area (Å²) in [5.41, 5.74) is 7.65. The molecule has 1 nitrogen and oxygen atoms in total. The molecule has 0 unspecified atom stereocenters. The number of unbranched alkanes of at least 4 members (excludes halogenated alkanes) is 1. The number of benzene rings is 2. The highest BCUT2D eigenvalue weighted by atomic mass is 15.1. The molecule has 1 aliphatic heterocycles. The highest BCUT2D eigenvalue weighted by molar-refractivity contribution is 5.33. The van der Waals surface area contributed by atoms with Gasteiger partial charge in [-0.1, -0.05) is 68.8 Å². The van der Waals surface area contributed by atoms with Crippen LogP contribution in [0, 0.1) is 6.92 Å². The van der Waals surface area contributed by atoms with Gasteiger partial charge in [-0.15, -0.1) is 0 Å². The Kier molecular flexibility index (Phi) is 5.64. The van der Waals surface area contributed by atoms with E-state index in [0.29, 0.717) is 0 Å². The zero-order valence-electron chi connectivity index (χ0n) is 16.4. The summed E-state index contributed by atoms with van der Waals surface area (Å²) >= 11 is 0. The lowest BCUT2D eigenvalue weighted by Gasteiger charge is -2.29. The summed E-state index contributed by atoms with van der Waals surface area (Å²) in [4.78, 5) is 2.63. The average molecular weight is 336 g/mol. The van der Waals surface area contributed by atoms with Crippen molar-refractivity contribution in [2.45, 2.75) is 65.3 Å². The zero-order valence-corrected chi connectivity index (χ0v) is 16.4. The van der Waals surface area contributed by atoms with Gasteiger partial charge in [0.25, 0.3) is 0 Å². The van der Waals surface area contributed by atoms with Crippen LogP contribution in [0.15, 0.2) is 42.5 Å².